The summed E-state index contributed by atoms with van der Waals surface area (Å²) in [5.74, 6) is 0.237. The van der Waals surface area contributed by atoms with Gasteiger partial charge in [-0.1, -0.05) is 54.6 Å². The minimum Gasteiger partial charge on any atom is -0.438 e. The van der Waals surface area contributed by atoms with Gasteiger partial charge in [0.15, 0.2) is 5.58 Å². The molecule has 1 aromatic heterocycles. The molecule has 8 heteroatoms. The van der Waals surface area contributed by atoms with Crippen molar-refractivity contribution in [3.63, 3.8) is 0 Å². The van der Waals surface area contributed by atoms with Gasteiger partial charge in [0.05, 0.1) is 12.2 Å². The fraction of sp³-hybridized carbons (Fsp3) is 0.259. The molecule has 1 saturated heterocycles. The monoisotopic (exact) mass is 480 g/mol. The van der Waals surface area contributed by atoms with E-state index in [9.17, 15) is 18.0 Å². The summed E-state index contributed by atoms with van der Waals surface area (Å²) >= 11 is 0. The fourth-order valence-corrected chi connectivity index (χ4v) is 4.47. The molecule has 35 heavy (non-hydrogen) atoms. The van der Waals surface area contributed by atoms with Crippen LogP contribution in [0, 0.1) is 0 Å². The van der Waals surface area contributed by atoms with Gasteiger partial charge in [-0.05, 0) is 47.7 Å². The zero-order valence-corrected chi connectivity index (χ0v) is 18.8. The molecule has 1 aliphatic rings. The Morgan fingerprint density at radius 3 is 2.63 bits per heavy atom. The number of rotatable bonds is 6. The second-order valence-corrected chi connectivity index (χ2v) is 8.50. The second-order valence-electron chi connectivity index (χ2n) is 8.50. The predicted octanol–water partition coefficient (Wildman–Crippen LogP) is 6.39. The lowest BCUT2D eigenvalue weighted by Crippen LogP contribution is -2.33. The molecule has 5 nitrogen and oxygen atoms in total. The lowest BCUT2D eigenvalue weighted by atomic mass is 9.99. The number of nitrogens with zero attached hydrogens (tertiary/aromatic N) is 2. The van der Waals surface area contributed by atoms with Crippen LogP contribution in [0.2, 0.25) is 0 Å². The highest BCUT2D eigenvalue weighted by atomic mass is 19.4. The van der Waals surface area contributed by atoms with Crippen molar-refractivity contribution in [2.75, 3.05) is 13.2 Å². The molecule has 5 rings (SSSR count). The third kappa shape index (κ3) is 4.93. The number of aromatic nitrogens is 1. The lowest BCUT2D eigenvalue weighted by molar-refractivity contribution is -0.138. The van der Waals surface area contributed by atoms with Gasteiger partial charge in [0.2, 0.25) is 11.8 Å². The molecule has 1 fully saturated rings. The number of ether oxygens (including phenoxy) is 1. The minimum atomic E-state index is -4.46. The molecule has 3 aromatic carbocycles. The van der Waals surface area contributed by atoms with Crippen molar-refractivity contribution in [3.8, 4) is 11.1 Å². The largest absolute Gasteiger partial charge is 0.438 e. The number of amides is 1. The molecule has 0 radical (unpaired) electrons. The summed E-state index contributed by atoms with van der Waals surface area (Å²) in [7, 11) is 0. The molecule has 1 aliphatic heterocycles. The molecule has 4 aromatic rings. The number of benzene rings is 3. The molecule has 0 N–H and O–H groups in total. The number of oxazole rings is 1. The van der Waals surface area contributed by atoms with E-state index in [4.69, 9.17) is 9.15 Å². The van der Waals surface area contributed by atoms with Crippen LogP contribution in [0.4, 0.5) is 13.2 Å². The van der Waals surface area contributed by atoms with Crippen molar-refractivity contribution in [2.24, 2.45) is 0 Å². The van der Waals surface area contributed by atoms with Crippen LogP contribution in [-0.2, 0) is 22.3 Å². The normalized spacial score (nSPS) is 16.2. The van der Waals surface area contributed by atoms with Crippen molar-refractivity contribution >= 4 is 17.0 Å². The molecule has 2 heterocycles. The Balaban J connectivity index is 1.34. The SMILES string of the molecule is O=C(COCc1ccccc1)N1CCC[C@@H]1c1nc2cc(-c3ccccc3C(F)(F)F)ccc2o1. The molecule has 0 bridgehead atoms. The van der Waals surface area contributed by atoms with E-state index in [0.717, 1.165) is 18.1 Å². The molecule has 1 atom stereocenters. The Labute approximate surface area is 200 Å². The molecule has 0 saturated carbocycles. The fourth-order valence-electron chi connectivity index (χ4n) is 4.47. The first-order chi connectivity index (χ1) is 16.9. The number of fused-ring (bicyclic) bond motifs is 1. The van der Waals surface area contributed by atoms with Gasteiger partial charge in [-0.15, -0.1) is 0 Å². The Kier molecular flexibility index (Phi) is 6.30. The van der Waals surface area contributed by atoms with Gasteiger partial charge >= 0.3 is 6.18 Å². The molecule has 0 unspecified atom stereocenters. The maximum Gasteiger partial charge on any atom is 0.417 e. The summed E-state index contributed by atoms with van der Waals surface area (Å²) in [6, 6.07) is 19.5. The predicted molar refractivity (Wildman–Crippen MR) is 124 cm³/mol. The number of likely N-dealkylation sites (tertiary alicyclic amines) is 1. The standard InChI is InChI=1S/C27H23F3N2O3/c28-27(29,30)21-10-5-4-9-20(21)19-12-13-24-22(15-19)31-26(35-24)23-11-6-14-32(23)25(33)17-34-16-18-7-2-1-3-8-18/h1-5,7-10,12-13,15,23H,6,11,14,16-17H2/t23-/m1/s1. The topological polar surface area (TPSA) is 55.6 Å². The van der Waals surface area contributed by atoms with Crippen LogP contribution >= 0.6 is 0 Å². The maximum absolute atomic E-state index is 13.5. The maximum atomic E-state index is 13.5. The number of carbonyl (C=O) groups is 1. The molecule has 1 amide bonds. The first-order valence-corrected chi connectivity index (χ1v) is 11.4. The van der Waals surface area contributed by atoms with Gasteiger partial charge in [0.1, 0.15) is 18.2 Å². The van der Waals surface area contributed by atoms with Gasteiger partial charge in [-0.3, -0.25) is 4.79 Å². The summed E-state index contributed by atoms with van der Waals surface area (Å²) in [4.78, 5) is 19.1. The highest BCUT2D eigenvalue weighted by molar-refractivity contribution is 5.82. The quantitative estimate of drug-likeness (QED) is 0.321. The highest BCUT2D eigenvalue weighted by Gasteiger charge is 2.35. The average Bonchev–Trinajstić information content (AvgIpc) is 3.51. The summed E-state index contributed by atoms with van der Waals surface area (Å²) < 4.78 is 52.0. The number of hydrogen-bond donors (Lipinski definition) is 0. The zero-order valence-electron chi connectivity index (χ0n) is 18.8. The number of carbonyl (C=O) groups excluding carboxylic acids is 1. The summed E-state index contributed by atoms with van der Waals surface area (Å²) in [6.07, 6.45) is -2.97. The summed E-state index contributed by atoms with van der Waals surface area (Å²) in [5.41, 5.74) is 1.69. The summed E-state index contributed by atoms with van der Waals surface area (Å²) in [6.45, 7) is 0.862. The van der Waals surface area contributed by atoms with Gasteiger partial charge in [0.25, 0.3) is 0 Å². The van der Waals surface area contributed by atoms with Crippen LogP contribution in [0.25, 0.3) is 22.2 Å². The van der Waals surface area contributed by atoms with Crippen LogP contribution in [0.5, 0.6) is 0 Å². The Bertz CT molecular complexity index is 1330. The van der Waals surface area contributed by atoms with Crippen molar-refractivity contribution in [3.05, 3.63) is 89.8 Å². The van der Waals surface area contributed by atoms with Crippen LogP contribution in [0.3, 0.4) is 0 Å². The third-order valence-electron chi connectivity index (χ3n) is 6.14. The van der Waals surface area contributed by atoms with Crippen LogP contribution in [-0.4, -0.2) is 28.9 Å². The van der Waals surface area contributed by atoms with E-state index in [0.29, 0.717) is 42.1 Å². The van der Waals surface area contributed by atoms with Crippen molar-refractivity contribution in [2.45, 2.75) is 31.7 Å². The van der Waals surface area contributed by atoms with E-state index in [1.807, 2.05) is 30.3 Å². The van der Waals surface area contributed by atoms with Crippen molar-refractivity contribution in [1.29, 1.82) is 0 Å². The van der Waals surface area contributed by atoms with E-state index in [1.165, 1.54) is 12.1 Å². The van der Waals surface area contributed by atoms with E-state index in [1.54, 1.807) is 29.2 Å². The highest BCUT2D eigenvalue weighted by Crippen LogP contribution is 2.38. The van der Waals surface area contributed by atoms with Gasteiger partial charge < -0.3 is 14.1 Å². The van der Waals surface area contributed by atoms with E-state index in [-0.39, 0.29) is 24.1 Å². The Morgan fingerprint density at radius 2 is 1.83 bits per heavy atom. The van der Waals surface area contributed by atoms with E-state index >= 15 is 0 Å². The minimum absolute atomic E-state index is 0.0516. The number of alkyl halides is 3. The first-order valence-electron chi connectivity index (χ1n) is 11.4. The summed E-state index contributed by atoms with van der Waals surface area (Å²) in [5, 5.41) is 0. The average molecular weight is 480 g/mol. The second kappa shape index (κ2) is 9.54. The van der Waals surface area contributed by atoms with Crippen LogP contribution in [0.1, 0.15) is 35.9 Å². The van der Waals surface area contributed by atoms with E-state index in [2.05, 4.69) is 4.98 Å². The number of hydrogen-bond acceptors (Lipinski definition) is 4. The van der Waals surface area contributed by atoms with Crippen LogP contribution < -0.4 is 0 Å². The Hall–Kier alpha value is -3.65. The van der Waals surface area contributed by atoms with Gasteiger partial charge in [0, 0.05) is 6.54 Å². The smallest absolute Gasteiger partial charge is 0.417 e. The van der Waals surface area contributed by atoms with Crippen LogP contribution in [0.15, 0.2) is 77.2 Å². The molecule has 0 aliphatic carbocycles. The first kappa shape index (κ1) is 23.1. The Morgan fingerprint density at radius 1 is 1.06 bits per heavy atom. The number of halogens is 3. The van der Waals surface area contributed by atoms with Crippen molar-refractivity contribution < 1.29 is 27.1 Å². The zero-order chi connectivity index (χ0) is 24.4. The molecular formula is C27H23F3N2O3. The van der Waals surface area contributed by atoms with E-state index < -0.39 is 11.7 Å². The van der Waals surface area contributed by atoms with Crippen molar-refractivity contribution in [1.82, 2.24) is 9.88 Å². The lowest BCUT2D eigenvalue weighted by Gasteiger charge is -2.22. The third-order valence-corrected chi connectivity index (χ3v) is 6.14. The molecular weight excluding hydrogens is 457 g/mol. The van der Waals surface area contributed by atoms with Gasteiger partial charge in [-0.25, -0.2) is 4.98 Å². The molecule has 0 spiro atoms. The van der Waals surface area contributed by atoms with Gasteiger partial charge in [-0.2, -0.15) is 13.2 Å². The molecule has 180 valence electrons.